The van der Waals surface area contributed by atoms with Crippen molar-refractivity contribution in [3.05, 3.63) is 121 Å². The van der Waals surface area contributed by atoms with Crippen molar-refractivity contribution in [3.63, 3.8) is 0 Å². The number of hydrogen-bond donors (Lipinski definition) is 0. The SMILES string of the molecule is FC(F)(F)[C](F)(F)[Ga-]([I])([C](F)(F)C(F)(F)F)[C](F)(F)C(F)(F)F.c1ccc([P+](c2ccccc2)(c2ccccc2)c2ccccc2)cc1. The summed E-state index contributed by atoms with van der Waals surface area (Å²) in [6, 6.07) is 43.8. The van der Waals surface area contributed by atoms with Gasteiger partial charge in [-0.1, -0.05) is 72.8 Å². The molecule has 0 aliphatic carbocycles. The van der Waals surface area contributed by atoms with Gasteiger partial charge in [-0.3, -0.25) is 0 Å². The van der Waals surface area contributed by atoms with Gasteiger partial charge in [0.2, 0.25) is 0 Å². The molecule has 48 heavy (non-hydrogen) atoms. The van der Waals surface area contributed by atoms with E-state index in [0.29, 0.717) is 0 Å². The average Bonchev–Trinajstić information content (AvgIpc) is 3.01. The zero-order chi connectivity index (χ0) is 36.5. The van der Waals surface area contributed by atoms with Crippen LogP contribution in [0.2, 0.25) is 0 Å². The first-order valence-electron chi connectivity index (χ1n) is 13.2. The van der Waals surface area contributed by atoms with Crippen molar-refractivity contribution in [2.75, 3.05) is 0 Å². The first-order valence-corrected chi connectivity index (χ1v) is 26.0. The summed E-state index contributed by atoms with van der Waals surface area (Å²) >= 11 is -11.5. The van der Waals surface area contributed by atoms with E-state index in [1.165, 1.54) is 21.2 Å². The van der Waals surface area contributed by atoms with E-state index in [4.69, 9.17) is 0 Å². The monoisotopic (exact) mass is 892 g/mol. The second-order valence-electron chi connectivity index (χ2n) is 10.1. The van der Waals surface area contributed by atoms with Gasteiger partial charge in [-0.15, -0.1) is 0 Å². The van der Waals surface area contributed by atoms with Gasteiger partial charge >= 0.3 is 129 Å². The molecule has 0 aliphatic rings. The van der Waals surface area contributed by atoms with Crippen molar-refractivity contribution in [3.8, 4) is 0 Å². The summed E-state index contributed by atoms with van der Waals surface area (Å²) in [4.78, 5) is 0. The molecule has 4 rings (SSSR count). The molecule has 0 aliphatic heterocycles. The minimum absolute atomic E-state index is 1.33. The minimum Gasteiger partial charge on any atom is -0.0620 e. The van der Waals surface area contributed by atoms with E-state index in [1.807, 2.05) is 0 Å². The van der Waals surface area contributed by atoms with Crippen molar-refractivity contribution in [1.82, 2.24) is 0 Å². The Balaban J connectivity index is 0.000000262. The molecule has 0 unspecified atom stereocenters. The molecule has 0 spiro atoms. The molecule has 260 valence electrons. The number of alkyl halides is 15. The molecule has 0 nitrogen and oxygen atoms in total. The molecule has 0 bridgehead atoms. The molecule has 4 aromatic rings. The van der Waals surface area contributed by atoms with Gasteiger partial charge in [0, 0.05) is 0 Å². The molecule has 18 heteroatoms. The van der Waals surface area contributed by atoms with Crippen LogP contribution >= 0.6 is 26.9 Å². The Kier molecular flexibility index (Phi) is 11.8. The maximum atomic E-state index is 13.0. The van der Waals surface area contributed by atoms with E-state index in [2.05, 4.69) is 121 Å². The number of halogens is 16. The molecule has 0 aromatic heterocycles. The van der Waals surface area contributed by atoms with Crippen LogP contribution in [0.25, 0.3) is 0 Å². The summed E-state index contributed by atoms with van der Waals surface area (Å²) in [6.07, 6.45) is -22.4. The molecule has 0 N–H and O–H groups in total. The number of benzene rings is 4. The standard InChI is InChI=1S/C24H20P.3C2F5.Ga.HI/c1-5-13-21(14-6-1)25(22-15-7-2-8-16-22,23-17-9-3-10-18-23)24-19-11-4-12-20-24;3*3-1(4)2(5,6)7;;/h1-20H;;;;;1H/q+1;;;;;/p-1. The van der Waals surface area contributed by atoms with Gasteiger partial charge in [-0.05, 0) is 48.5 Å². The summed E-state index contributed by atoms with van der Waals surface area (Å²) < 4.78 is 164. The van der Waals surface area contributed by atoms with E-state index in [1.54, 1.807) is 0 Å². The van der Waals surface area contributed by atoms with Gasteiger partial charge in [0.25, 0.3) is 0 Å². The van der Waals surface area contributed by atoms with E-state index >= 15 is 0 Å². The average molecular weight is 893 g/mol. The fraction of sp³-hybridized carbons (Fsp3) is 0.200. The van der Waals surface area contributed by atoms with Crippen LogP contribution in [-0.2, 0) is 0 Å². The predicted octanol–water partition coefficient (Wildman–Crippen LogP) is 9.88. The van der Waals surface area contributed by atoms with Crippen LogP contribution in [0.5, 0.6) is 0 Å². The van der Waals surface area contributed by atoms with E-state index in [-0.39, 0.29) is 0 Å². The van der Waals surface area contributed by atoms with Crippen LogP contribution in [-0.4, -0.2) is 43.4 Å². The second kappa shape index (κ2) is 14.1. The molecule has 0 radical (unpaired) electrons. The Morgan fingerprint density at radius 2 is 0.500 bits per heavy atom. The fourth-order valence-corrected chi connectivity index (χ4v) is 20.3. The van der Waals surface area contributed by atoms with Gasteiger partial charge in [-0.25, -0.2) is 0 Å². The molecule has 0 fully saturated rings. The van der Waals surface area contributed by atoms with Gasteiger partial charge < -0.3 is 0 Å². The van der Waals surface area contributed by atoms with Crippen molar-refractivity contribution in [2.45, 2.75) is 32.0 Å². The maximum Gasteiger partial charge on any atom is 0.144 e. The zero-order valence-electron chi connectivity index (χ0n) is 23.6. The summed E-state index contributed by atoms with van der Waals surface area (Å²) in [5, 5.41) is 5.55. The Hall–Kier alpha value is -2.37. The van der Waals surface area contributed by atoms with E-state index in [0.717, 1.165) is 0 Å². The Morgan fingerprint density at radius 1 is 0.333 bits per heavy atom. The second-order valence-corrected chi connectivity index (χ2v) is 31.0. The van der Waals surface area contributed by atoms with Crippen molar-refractivity contribution >= 4 is 59.6 Å². The van der Waals surface area contributed by atoms with Crippen molar-refractivity contribution < 1.29 is 65.9 Å². The van der Waals surface area contributed by atoms with Gasteiger partial charge in [0.05, 0.1) is 0 Å². The molecular weight excluding hydrogens is 873 g/mol. The van der Waals surface area contributed by atoms with Crippen LogP contribution in [0, 0.1) is 0 Å². The van der Waals surface area contributed by atoms with Crippen LogP contribution < -0.4 is 21.2 Å². The normalized spacial score (nSPS) is 13.8. The molecule has 0 saturated carbocycles. The first kappa shape index (κ1) is 40.1. The maximum absolute atomic E-state index is 13.0. The van der Waals surface area contributed by atoms with Gasteiger partial charge in [0.15, 0.2) is 0 Å². The van der Waals surface area contributed by atoms with Crippen molar-refractivity contribution in [1.29, 1.82) is 0 Å². The molecule has 0 saturated heterocycles. The fourth-order valence-electron chi connectivity index (χ4n) is 4.86. The van der Waals surface area contributed by atoms with Crippen LogP contribution in [0.1, 0.15) is 0 Å². The first-order chi connectivity index (χ1) is 21.9. The number of hydrogen-bond acceptors (Lipinski definition) is 0. The third-order valence-corrected chi connectivity index (χ3v) is 32.0. The van der Waals surface area contributed by atoms with Crippen LogP contribution in [0.4, 0.5) is 65.9 Å². The Bertz CT molecular complexity index is 1380. The zero-order valence-corrected chi connectivity index (χ0v) is 29.1. The third kappa shape index (κ3) is 6.84. The quantitative estimate of drug-likeness (QED) is 0.0751. The van der Waals surface area contributed by atoms with E-state index < -0.39 is 70.4 Å². The summed E-state index contributed by atoms with van der Waals surface area (Å²) in [5.41, 5.74) is 0. The molecule has 4 aromatic carbocycles. The van der Waals surface area contributed by atoms with E-state index in [9.17, 15) is 65.9 Å². The van der Waals surface area contributed by atoms with Crippen molar-refractivity contribution in [2.24, 2.45) is 0 Å². The molecule has 0 atom stereocenters. The Morgan fingerprint density at radius 3 is 0.646 bits per heavy atom. The predicted molar refractivity (Wildman–Crippen MR) is 164 cm³/mol. The van der Waals surface area contributed by atoms with Crippen LogP contribution in [0.15, 0.2) is 121 Å². The topological polar surface area (TPSA) is 0 Å². The largest absolute Gasteiger partial charge is 0.144 e. The minimum atomic E-state index is -10.2. The Labute approximate surface area is 277 Å². The summed E-state index contributed by atoms with van der Waals surface area (Å²) in [5.74, 6) is 0. The van der Waals surface area contributed by atoms with Crippen LogP contribution in [0.3, 0.4) is 0 Å². The molecule has 0 heterocycles. The third-order valence-electron chi connectivity index (χ3n) is 7.21. The van der Waals surface area contributed by atoms with Gasteiger partial charge in [0.1, 0.15) is 28.5 Å². The molecular formula is C30H20F15GaIP. The van der Waals surface area contributed by atoms with Gasteiger partial charge in [-0.2, -0.15) is 0 Å². The summed E-state index contributed by atoms with van der Waals surface area (Å²) in [6.45, 7) is 0. The summed E-state index contributed by atoms with van der Waals surface area (Å²) in [7, 11) is -1.91. The number of rotatable bonds is 7. The smallest absolute Gasteiger partial charge is 0.0620 e. The molecule has 0 amide bonds.